The van der Waals surface area contributed by atoms with E-state index in [0.29, 0.717) is 24.5 Å². The number of nitrogens with zero attached hydrogens (tertiary/aromatic N) is 5. The molecular weight excluding hydrogens is 351 g/mol. The number of carbonyl (C=O) groups is 1. The molecule has 1 fully saturated rings. The van der Waals surface area contributed by atoms with Crippen LogP contribution in [0.25, 0.3) is 22.3 Å². The molecule has 2 unspecified atom stereocenters. The first kappa shape index (κ1) is 17.4. The third kappa shape index (κ3) is 3.36. The Morgan fingerprint density at radius 2 is 2.33 bits per heavy atom. The van der Waals surface area contributed by atoms with Gasteiger partial charge in [-0.2, -0.15) is 5.10 Å². The van der Waals surface area contributed by atoms with Crippen molar-refractivity contribution in [1.82, 2.24) is 29.6 Å². The second kappa shape index (κ2) is 6.98. The smallest absolute Gasteiger partial charge is 0.241 e. The highest BCUT2D eigenvalue weighted by molar-refractivity contribution is 5.84. The number of aryl methyl sites for hydroxylation is 2. The number of halogens is 1. The molecule has 0 aromatic carbocycles. The number of hydrogen-bond acceptors (Lipinski definition) is 5. The van der Waals surface area contributed by atoms with Gasteiger partial charge in [0.1, 0.15) is 18.3 Å². The van der Waals surface area contributed by atoms with Crippen LogP contribution in [0.3, 0.4) is 0 Å². The van der Waals surface area contributed by atoms with Gasteiger partial charge in [-0.1, -0.05) is 0 Å². The number of hydrogen-bond donors (Lipinski definition) is 1. The van der Waals surface area contributed by atoms with Crippen LogP contribution >= 0.6 is 0 Å². The molecule has 4 heterocycles. The molecule has 0 bridgehead atoms. The number of carbonyl (C=O) groups excluding carboxylic acids is 1. The van der Waals surface area contributed by atoms with E-state index in [0.717, 1.165) is 16.6 Å². The van der Waals surface area contributed by atoms with E-state index in [1.807, 2.05) is 24.6 Å². The molecule has 0 radical (unpaired) electrons. The van der Waals surface area contributed by atoms with Gasteiger partial charge in [0.15, 0.2) is 0 Å². The molecular formula is C18H21FN6O2. The predicted octanol–water partition coefficient (Wildman–Crippen LogP) is 1.70. The molecule has 1 aliphatic heterocycles. The molecule has 0 spiro atoms. The van der Waals surface area contributed by atoms with Crippen molar-refractivity contribution in [2.75, 3.05) is 13.2 Å². The van der Waals surface area contributed by atoms with Gasteiger partial charge >= 0.3 is 0 Å². The van der Waals surface area contributed by atoms with E-state index in [2.05, 4.69) is 20.4 Å². The molecule has 2 atom stereocenters. The fourth-order valence-corrected chi connectivity index (χ4v) is 3.30. The van der Waals surface area contributed by atoms with Gasteiger partial charge in [0.25, 0.3) is 0 Å². The number of rotatable bonds is 6. The van der Waals surface area contributed by atoms with Crippen LogP contribution in [0.15, 0.2) is 24.8 Å². The Bertz CT molecular complexity index is 982. The first-order valence-electron chi connectivity index (χ1n) is 8.89. The third-order valence-corrected chi connectivity index (χ3v) is 4.88. The van der Waals surface area contributed by atoms with Gasteiger partial charge < -0.3 is 14.6 Å². The quantitative estimate of drug-likeness (QED) is 0.712. The topological polar surface area (TPSA) is 86.9 Å². The van der Waals surface area contributed by atoms with E-state index < -0.39 is 6.67 Å². The van der Waals surface area contributed by atoms with E-state index in [1.54, 1.807) is 23.4 Å². The highest BCUT2D eigenvalue weighted by atomic mass is 19.1. The minimum absolute atomic E-state index is 0.0446. The lowest BCUT2D eigenvalue weighted by Gasteiger charge is -2.20. The summed E-state index contributed by atoms with van der Waals surface area (Å²) in [6, 6.07) is 1.87. The predicted molar refractivity (Wildman–Crippen MR) is 96.9 cm³/mol. The zero-order valence-electron chi connectivity index (χ0n) is 15.2. The van der Waals surface area contributed by atoms with Crippen LogP contribution in [-0.4, -0.2) is 49.5 Å². The molecule has 27 heavy (non-hydrogen) atoms. The highest BCUT2D eigenvalue weighted by Crippen LogP contribution is 2.30. The lowest BCUT2D eigenvalue weighted by Crippen LogP contribution is -2.26. The molecule has 1 aliphatic rings. The van der Waals surface area contributed by atoms with Crippen molar-refractivity contribution in [2.45, 2.75) is 26.0 Å². The van der Waals surface area contributed by atoms with Gasteiger partial charge in [0, 0.05) is 37.7 Å². The maximum absolute atomic E-state index is 12.5. The minimum Gasteiger partial charge on any atom is -0.473 e. The van der Waals surface area contributed by atoms with Crippen molar-refractivity contribution in [3.05, 3.63) is 24.8 Å². The van der Waals surface area contributed by atoms with E-state index in [9.17, 15) is 9.18 Å². The Kier molecular flexibility index (Phi) is 4.51. The lowest BCUT2D eigenvalue weighted by atomic mass is 10.0. The molecule has 3 aromatic heterocycles. The largest absolute Gasteiger partial charge is 0.473 e. The van der Waals surface area contributed by atoms with Crippen molar-refractivity contribution in [2.24, 2.45) is 13.0 Å². The summed E-state index contributed by atoms with van der Waals surface area (Å²) in [5.74, 6) is 0.606. The van der Waals surface area contributed by atoms with Crippen molar-refractivity contribution < 1.29 is 13.9 Å². The third-order valence-electron chi connectivity index (χ3n) is 4.88. The number of amides is 1. The number of nitrogens with one attached hydrogen (secondary N) is 1. The molecule has 0 aliphatic carbocycles. The Balaban J connectivity index is 1.69. The molecule has 142 valence electrons. The van der Waals surface area contributed by atoms with E-state index in [-0.39, 0.29) is 24.5 Å². The van der Waals surface area contributed by atoms with Gasteiger partial charge in [0.05, 0.1) is 30.3 Å². The van der Waals surface area contributed by atoms with Gasteiger partial charge in [0.2, 0.25) is 11.8 Å². The number of imidazole rings is 1. The number of fused-ring (bicyclic) bond motifs is 1. The Morgan fingerprint density at radius 3 is 3.07 bits per heavy atom. The van der Waals surface area contributed by atoms with Crippen LogP contribution in [-0.2, 0) is 18.4 Å². The summed E-state index contributed by atoms with van der Waals surface area (Å²) in [6.07, 6.45) is 5.38. The standard InChI is InChI=1S/C18H21FN6O2/c1-11(12-5-16(26)20-7-12)27-18-17-15(21-10-24(17)2)6-14(23-18)13-8-22-25(9-13)4-3-19/h6,8-12H,3-5,7H2,1-2H3,(H,20,26). The fraction of sp³-hybridized carbons (Fsp3) is 0.444. The zero-order valence-corrected chi connectivity index (χ0v) is 15.2. The molecule has 4 rings (SSSR count). The van der Waals surface area contributed by atoms with Gasteiger partial charge in [-0.15, -0.1) is 0 Å². The van der Waals surface area contributed by atoms with E-state index in [4.69, 9.17) is 4.74 Å². The summed E-state index contributed by atoms with van der Waals surface area (Å²) in [5, 5.41) is 6.99. The molecule has 0 saturated carbocycles. The van der Waals surface area contributed by atoms with Crippen molar-refractivity contribution in [1.29, 1.82) is 0 Å². The van der Waals surface area contributed by atoms with Crippen LogP contribution in [0, 0.1) is 5.92 Å². The average molecular weight is 372 g/mol. The van der Waals surface area contributed by atoms with E-state index in [1.165, 1.54) is 0 Å². The van der Waals surface area contributed by atoms with Gasteiger partial charge in [-0.25, -0.2) is 14.4 Å². The second-order valence-corrected chi connectivity index (χ2v) is 6.81. The summed E-state index contributed by atoms with van der Waals surface area (Å²) in [4.78, 5) is 20.6. The molecule has 1 N–H and O–H groups in total. The summed E-state index contributed by atoms with van der Waals surface area (Å²) < 4.78 is 22.1. The molecule has 9 heteroatoms. The fourth-order valence-electron chi connectivity index (χ4n) is 3.30. The Labute approximate surface area is 155 Å². The SMILES string of the molecule is CC(Oc1nc(-c2cnn(CCF)c2)cc2ncn(C)c12)C1CNC(=O)C1. The maximum atomic E-state index is 12.5. The average Bonchev–Trinajstić information content (AvgIpc) is 3.36. The normalized spacial score (nSPS) is 18.0. The first-order valence-corrected chi connectivity index (χ1v) is 8.89. The van der Waals surface area contributed by atoms with Crippen LogP contribution in [0.5, 0.6) is 5.88 Å². The van der Waals surface area contributed by atoms with Gasteiger partial charge in [-0.3, -0.25) is 9.48 Å². The first-order chi connectivity index (χ1) is 13.0. The second-order valence-electron chi connectivity index (χ2n) is 6.81. The summed E-state index contributed by atoms with van der Waals surface area (Å²) in [7, 11) is 1.88. The zero-order chi connectivity index (χ0) is 19.0. The Morgan fingerprint density at radius 1 is 1.48 bits per heavy atom. The maximum Gasteiger partial charge on any atom is 0.241 e. The number of pyridine rings is 1. The highest BCUT2D eigenvalue weighted by Gasteiger charge is 2.29. The van der Waals surface area contributed by atoms with E-state index >= 15 is 0 Å². The van der Waals surface area contributed by atoms with Crippen LogP contribution in [0.1, 0.15) is 13.3 Å². The molecule has 3 aromatic rings. The van der Waals surface area contributed by atoms with Crippen molar-refractivity contribution in [3.63, 3.8) is 0 Å². The molecule has 1 amide bonds. The molecule has 1 saturated heterocycles. The summed E-state index contributed by atoms with van der Waals surface area (Å²) >= 11 is 0. The summed E-state index contributed by atoms with van der Waals surface area (Å²) in [5.41, 5.74) is 2.97. The number of alkyl halides is 1. The lowest BCUT2D eigenvalue weighted by molar-refractivity contribution is -0.119. The monoisotopic (exact) mass is 372 g/mol. The van der Waals surface area contributed by atoms with Crippen LogP contribution < -0.4 is 10.1 Å². The number of ether oxygens (including phenoxy) is 1. The Hall–Kier alpha value is -2.97. The van der Waals surface area contributed by atoms with Crippen molar-refractivity contribution in [3.8, 4) is 17.1 Å². The van der Waals surface area contributed by atoms with Crippen LogP contribution in [0.4, 0.5) is 4.39 Å². The van der Waals surface area contributed by atoms with Gasteiger partial charge in [-0.05, 0) is 13.0 Å². The molecule has 8 nitrogen and oxygen atoms in total. The van der Waals surface area contributed by atoms with Crippen LogP contribution in [0.2, 0.25) is 0 Å². The summed E-state index contributed by atoms with van der Waals surface area (Å²) in [6.45, 7) is 2.27. The van der Waals surface area contributed by atoms with Crippen molar-refractivity contribution >= 4 is 16.9 Å². The number of aromatic nitrogens is 5. The minimum atomic E-state index is -0.478.